The predicted octanol–water partition coefficient (Wildman–Crippen LogP) is 4.26. The maximum absolute atomic E-state index is 10.6. The van der Waals surface area contributed by atoms with E-state index in [0.717, 1.165) is 32.8 Å². The number of aromatic nitrogens is 3. The van der Waals surface area contributed by atoms with Crippen LogP contribution in [0, 0.1) is 4.77 Å². The molecule has 3 rings (SSSR count). The van der Waals surface area contributed by atoms with Crippen LogP contribution in [0.4, 0.5) is 0 Å². The number of hydrogen-bond acceptors (Lipinski definition) is 3. The van der Waals surface area contributed by atoms with Gasteiger partial charge in [0, 0.05) is 22.8 Å². The smallest absolute Gasteiger partial charge is 0.303 e. The van der Waals surface area contributed by atoms with Crippen LogP contribution in [0.3, 0.4) is 0 Å². The third kappa shape index (κ3) is 2.91. The summed E-state index contributed by atoms with van der Waals surface area (Å²) in [5.74, 6) is -0.762. The van der Waals surface area contributed by atoms with E-state index < -0.39 is 5.97 Å². The second-order valence-electron chi connectivity index (χ2n) is 5.11. The van der Waals surface area contributed by atoms with Crippen molar-refractivity contribution in [2.75, 3.05) is 0 Å². The number of aromatic amines is 1. The Morgan fingerprint density at radius 2 is 2.23 bits per heavy atom. The Bertz CT molecular complexity index is 916. The molecule has 22 heavy (non-hydrogen) atoms. The van der Waals surface area contributed by atoms with Gasteiger partial charge in [0.15, 0.2) is 4.77 Å². The summed E-state index contributed by atoms with van der Waals surface area (Å²) in [5, 5.41) is 9.75. The van der Waals surface area contributed by atoms with Crippen LogP contribution >= 0.6 is 28.1 Å². The zero-order valence-electron chi connectivity index (χ0n) is 11.7. The van der Waals surface area contributed by atoms with Crippen molar-refractivity contribution in [2.24, 2.45) is 0 Å². The number of carboxylic acids is 1. The zero-order valence-corrected chi connectivity index (χ0v) is 14.1. The summed E-state index contributed by atoms with van der Waals surface area (Å²) in [4.78, 5) is 18.2. The second kappa shape index (κ2) is 6.18. The Hall–Kier alpha value is -1.73. The summed E-state index contributed by atoms with van der Waals surface area (Å²) in [6.45, 7) is 0.696. The minimum atomic E-state index is -0.762. The van der Waals surface area contributed by atoms with E-state index >= 15 is 0 Å². The monoisotopic (exact) mass is 379 g/mol. The highest BCUT2D eigenvalue weighted by atomic mass is 79.9. The Morgan fingerprint density at radius 3 is 3.00 bits per heavy atom. The van der Waals surface area contributed by atoms with Crippen molar-refractivity contribution >= 4 is 56.1 Å². The first-order valence-electron chi connectivity index (χ1n) is 6.95. The molecule has 7 heteroatoms. The van der Waals surface area contributed by atoms with Crippen LogP contribution in [0.25, 0.3) is 21.9 Å². The van der Waals surface area contributed by atoms with Gasteiger partial charge < -0.3 is 14.7 Å². The molecule has 3 aromatic rings. The minimum absolute atomic E-state index is 0.185. The van der Waals surface area contributed by atoms with Crippen LogP contribution in [-0.2, 0) is 11.3 Å². The van der Waals surface area contributed by atoms with Gasteiger partial charge in [0.25, 0.3) is 0 Å². The number of carboxylic acid groups (broad SMARTS) is 1. The van der Waals surface area contributed by atoms with Crippen LogP contribution in [0.1, 0.15) is 19.3 Å². The quantitative estimate of drug-likeness (QED) is 0.513. The molecule has 0 aliphatic heterocycles. The molecule has 0 atom stereocenters. The molecule has 0 bridgehead atoms. The number of nitrogens with zero attached hydrogens (tertiary/aromatic N) is 2. The number of carbonyl (C=O) groups is 1. The fourth-order valence-electron chi connectivity index (χ4n) is 2.58. The van der Waals surface area contributed by atoms with Gasteiger partial charge in [0.1, 0.15) is 0 Å². The molecule has 0 unspecified atom stereocenters. The molecule has 0 saturated heterocycles. The fraction of sp³-hybridized carbons (Fsp3) is 0.267. The van der Waals surface area contributed by atoms with Gasteiger partial charge in [-0.25, -0.2) is 0 Å². The molecule has 0 amide bonds. The van der Waals surface area contributed by atoms with Crippen molar-refractivity contribution in [3.05, 3.63) is 33.6 Å². The lowest BCUT2D eigenvalue weighted by Gasteiger charge is -2.06. The lowest BCUT2D eigenvalue weighted by atomic mass is 10.2. The summed E-state index contributed by atoms with van der Waals surface area (Å²) in [5.41, 5.74) is 2.83. The lowest BCUT2D eigenvalue weighted by Crippen LogP contribution is -2.01. The Balaban J connectivity index is 2.03. The number of hydrogen-bond donors (Lipinski definition) is 2. The van der Waals surface area contributed by atoms with Crippen LogP contribution < -0.4 is 0 Å². The minimum Gasteiger partial charge on any atom is -0.481 e. The van der Waals surface area contributed by atoms with E-state index in [1.54, 1.807) is 6.20 Å². The highest BCUT2D eigenvalue weighted by Crippen LogP contribution is 2.26. The molecule has 5 nitrogen and oxygen atoms in total. The lowest BCUT2D eigenvalue weighted by molar-refractivity contribution is -0.137. The average molecular weight is 380 g/mol. The summed E-state index contributed by atoms with van der Waals surface area (Å²) in [6, 6.07) is 5.97. The standard InChI is InChI=1S/C15H14BrN3O2S/c16-9-4-5-10-11(7-9)17-8-12-14(10)19(15(22)18-12)6-2-1-3-13(20)21/h4-5,7-8H,1-3,6H2,(H,18,22)(H,20,21). The van der Waals surface area contributed by atoms with Crippen molar-refractivity contribution < 1.29 is 9.90 Å². The van der Waals surface area contributed by atoms with E-state index in [1.165, 1.54) is 0 Å². The molecule has 0 aliphatic rings. The summed E-state index contributed by atoms with van der Waals surface area (Å²) in [6.07, 6.45) is 3.38. The third-order valence-corrected chi connectivity index (χ3v) is 4.40. The number of benzene rings is 1. The van der Waals surface area contributed by atoms with Gasteiger partial charge in [0.2, 0.25) is 0 Å². The Morgan fingerprint density at radius 1 is 1.41 bits per heavy atom. The molecule has 0 fully saturated rings. The van der Waals surface area contributed by atoms with Crippen LogP contribution in [-0.4, -0.2) is 25.6 Å². The molecule has 0 saturated carbocycles. The van der Waals surface area contributed by atoms with Gasteiger partial charge in [-0.1, -0.05) is 15.9 Å². The third-order valence-electron chi connectivity index (χ3n) is 3.58. The predicted molar refractivity (Wildman–Crippen MR) is 91.6 cm³/mol. The molecule has 2 aromatic heterocycles. The number of nitrogens with one attached hydrogen (secondary N) is 1. The highest BCUT2D eigenvalue weighted by molar-refractivity contribution is 9.10. The van der Waals surface area contributed by atoms with Gasteiger partial charge in [0.05, 0.1) is 22.7 Å². The van der Waals surface area contributed by atoms with Gasteiger partial charge in [-0.15, -0.1) is 0 Å². The second-order valence-corrected chi connectivity index (χ2v) is 6.42. The average Bonchev–Trinajstić information content (AvgIpc) is 2.79. The van der Waals surface area contributed by atoms with Gasteiger partial charge in [-0.05, 0) is 43.3 Å². The van der Waals surface area contributed by atoms with E-state index in [2.05, 4.69) is 25.9 Å². The number of imidazole rings is 1. The molecule has 0 spiro atoms. The molecule has 2 N–H and O–H groups in total. The number of H-pyrrole nitrogens is 1. The summed E-state index contributed by atoms with van der Waals surface area (Å²) < 4.78 is 3.65. The van der Waals surface area contributed by atoms with Crippen LogP contribution in [0.15, 0.2) is 28.9 Å². The van der Waals surface area contributed by atoms with E-state index in [4.69, 9.17) is 17.3 Å². The number of aliphatic carboxylic acids is 1. The number of aryl methyl sites for hydroxylation is 1. The van der Waals surface area contributed by atoms with Gasteiger partial charge >= 0.3 is 5.97 Å². The maximum Gasteiger partial charge on any atom is 0.303 e. The largest absolute Gasteiger partial charge is 0.481 e. The molecule has 0 radical (unpaired) electrons. The highest BCUT2D eigenvalue weighted by Gasteiger charge is 2.10. The molecule has 0 aliphatic carbocycles. The number of halogens is 1. The fourth-order valence-corrected chi connectivity index (χ4v) is 3.22. The number of fused-ring (bicyclic) bond motifs is 3. The van der Waals surface area contributed by atoms with Crippen molar-refractivity contribution in [3.63, 3.8) is 0 Å². The maximum atomic E-state index is 10.6. The van der Waals surface area contributed by atoms with Crippen molar-refractivity contribution in [3.8, 4) is 0 Å². The van der Waals surface area contributed by atoms with Crippen LogP contribution in [0.5, 0.6) is 0 Å². The van der Waals surface area contributed by atoms with E-state index in [1.807, 2.05) is 22.8 Å². The summed E-state index contributed by atoms with van der Waals surface area (Å²) in [7, 11) is 0. The molecular formula is C15H14BrN3O2S. The SMILES string of the molecule is O=C(O)CCCCn1c(=S)[nH]c2cnc3cc(Br)ccc3c21. The first kappa shape index (κ1) is 15.2. The van der Waals surface area contributed by atoms with Gasteiger partial charge in [-0.3, -0.25) is 9.78 Å². The zero-order chi connectivity index (χ0) is 15.7. The number of unbranched alkanes of at least 4 members (excludes halogenated alkanes) is 1. The van der Waals surface area contributed by atoms with Crippen molar-refractivity contribution in [1.29, 1.82) is 0 Å². The van der Waals surface area contributed by atoms with E-state index in [0.29, 0.717) is 17.7 Å². The topological polar surface area (TPSA) is 70.9 Å². The number of rotatable bonds is 5. The molecule has 114 valence electrons. The van der Waals surface area contributed by atoms with E-state index in [9.17, 15) is 4.79 Å². The Kier molecular flexibility index (Phi) is 4.26. The molecule has 2 heterocycles. The normalized spacial score (nSPS) is 11.3. The first-order chi connectivity index (χ1) is 10.6. The van der Waals surface area contributed by atoms with Gasteiger partial charge in [-0.2, -0.15) is 0 Å². The van der Waals surface area contributed by atoms with Crippen molar-refractivity contribution in [2.45, 2.75) is 25.8 Å². The molecule has 1 aromatic carbocycles. The van der Waals surface area contributed by atoms with E-state index in [-0.39, 0.29) is 6.42 Å². The molecular weight excluding hydrogens is 366 g/mol. The van der Waals surface area contributed by atoms with Crippen LogP contribution in [0.2, 0.25) is 0 Å². The van der Waals surface area contributed by atoms with Crippen molar-refractivity contribution in [1.82, 2.24) is 14.5 Å². The number of pyridine rings is 1. The summed E-state index contributed by atoms with van der Waals surface area (Å²) >= 11 is 8.85. The Labute approximate surface area is 140 Å². The first-order valence-corrected chi connectivity index (χ1v) is 8.15.